The van der Waals surface area contributed by atoms with E-state index in [1.807, 2.05) is 4.90 Å². The van der Waals surface area contributed by atoms with E-state index in [1.54, 1.807) is 24.5 Å². The molecule has 0 aromatic carbocycles. The molecule has 16 heavy (non-hydrogen) atoms. The third-order valence-corrected chi connectivity index (χ3v) is 2.92. The molecule has 0 spiro atoms. The lowest BCUT2D eigenvalue weighted by Crippen LogP contribution is -2.28. The van der Waals surface area contributed by atoms with Crippen LogP contribution in [0.25, 0.3) is 0 Å². The molecule has 1 saturated heterocycles. The van der Waals surface area contributed by atoms with Crippen molar-refractivity contribution >= 4 is 5.91 Å². The van der Waals surface area contributed by atoms with Crippen molar-refractivity contribution in [2.24, 2.45) is 0 Å². The van der Waals surface area contributed by atoms with E-state index in [2.05, 4.69) is 4.98 Å². The maximum absolute atomic E-state index is 11.8. The summed E-state index contributed by atoms with van der Waals surface area (Å²) < 4.78 is 0. The largest absolute Gasteiger partial charge is 0.388 e. The number of pyridine rings is 1. The quantitative estimate of drug-likeness (QED) is 0.830. The van der Waals surface area contributed by atoms with E-state index in [0.29, 0.717) is 0 Å². The van der Waals surface area contributed by atoms with Crippen LogP contribution in [0.15, 0.2) is 24.5 Å². The number of likely N-dealkylation sites (tertiary alicyclic amines) is 1. The van der Waals surface area contributed by atoms with Crippen LogP contribution < -0.4 is 0 Å². The zero-order chi connectivity index (χ0) is 11.4. The lowest BCUT2D eigenvalue weighted by molar-refractivity contribution is -0.132. The zero-order valence-electron chi connectivity index (χ0n) is 9.17. The van der Waals surface area contributed by atoms with Crippen LogP contribution in [0.5, 0.6) is 0 Å². The second-order valence-electron chi connectivity index (χ2n) is 4.09. The van der Waals surface area contributed by atoms with Crippen molar-refractivity contribution in [2.75, 3.05) is 13.1 Å². The third kappa shape index (κ3) is 2.58. The molecule has 2 rings (SSSR count). The van der Waals surface area contributed by atoms with Crippen molar-refractivity contribution < 1.29 is 9.90 Å². The summed E-state index contributed by atoms with van der Waals surface area (Å²) in [4.78, 5) is 17.5. The van der Waals surface area contributed by atoms with Gasteiger partial charge in [-0.1, -0.05) is 0 Å². The van der Waals surface area contributed by atoms with Crippen molar-refractivity contribution in [3.63, 3.8) is 0 Å². The minimum atomic E-state index is -0.712. The highest BCUT2D eigenvalue weighted by Gasteiger charge is 2.21. The fourth-order valence-electron chi connectivity index (χ4n) is 1.96. The Balaban J connectivity index is 1.92. The molecule has 86 valence electrons. The lowest BCUT2D eigenvalue weighted by atomic mass is 10.1. The molecule has 1 aliphatic rings. The Labute approximate surface area is 94.9 Å². The maximum Gasteiger partial charge on any atom is 0.225 e. The van der Waals surface area contributed by atoms with E-state index >= 15 is 0 Å². The van der Waals surface area contributed by atoms with Crippen molar-refractivity contribution in [1.82, 2.24) is 9.88 Å². The molecule has 1 unspecified atom stereocenters. The molecular weight excluding hydrogens is 204 g/mol. The highest BCUT2D eigenvalue weighted by atomic mass is 16.3. The molecule has 1 amide bonds. The van der Waals surface area contributed by atoms with Gasteiger partial charge in [0.2, 0.25) is 5.91 Å². The van der Waals surface area contributed by atoms with Gasteiger partial charge in [-0.05, 0) is 30.5 Å². The fraction of sp³-hybridized carbons (Fsp3) is 0.500. The number of nitrogens with zero attached hydrogens (tertiary/aromatic N) is 2. The lowest BCUT2D eigenvalue weighted by Gasteiger charge is -2.17. The predicted molar refractivity (Wildman–Crippen MR) is 59.6 cm³/mol. The molecule has 0 bridgehead atoms. The van der Waals surface area contributed by atoms with E-state index < -0.39 is 6.10 Å². The molecule has 1 N–H and O–H groups in total. The molecule has 0 aliphatic carbocycles. The fourth-order valence-corrected chi connectivity index (χ4v) is 1.96. The summed E-state index contributed by atoms with van der Waals surface area (Å²) in [5, 5.41) is 9.88. The first-order valence-electron chi connectivity index (χ1n) is 5.63. The highest BCUT2D eigenvalue weighted by Crippen LogP contribution is 2.18. The van der Waals surface area contributed by atoms with Gasteiger partial charge in [0.1, 0.15) is 0 Å². The van der Waals surface area contributed by atoms with E-state index in [-0.39, 0.29) is 12.3 Å². The first-order chi connectivity index (χ1) is 7.77. The molecular formula is C12H16N2O2. The van der Waals surface area contributed by atoms with Gasteiger partial charge in [-0.25, -0.2) is 0 Å². The average Bonchev–Trinajstić information content (AvgIpc) is 2.83. The van der Waals surface area contributed by atoms with Crippen LogP contribution in [-0.4, -0.2) is 34.0 Å². The van der Waals surface area contributed by atoms with Crippen LogP contribution in [-0.2, 0) is 4.79 Å². The molecule has 2 heterocycles. The molecule has 1 fully saturated rings. The number of hydrogen-bond donors (Lipinski definition) is 1. The zero-order valence-corrected chi connectivity index (χ0v) is 9.17. The maximum atomic E-state index is 11.8. The summed E-state index contributed by atoms with van der Waals surface area (Å²) >= 11 is 0. The van der Waals surface area contributed by atoms with Crippen molar-refractivity contribution in [2.45, 2.75) is 25.4 Å². The first kappa shape index (κ1) is 11.1. The second-order valence-corrected chi connectivity index (χ2v) is 4.09. The van der Waals surface area contributed by atoms with Crippen molar-refractivity contribution in [3.8, 4) is 0 Å². The van der Waals surface area contributed by atoms with Gasteiger partial charge in [0.25, 0.3) is 0 Å². The van der Waals surface area contributed by atoms with Gasteiger partial charge in [-0.3, -0.25) is 9.78 Å². The number of rotatable bonds is 3. The van der Waals surface area contributed by atoms with Gasteiger partial charge in [-0.15, -0.1) is 0 Å². The van der Waals surface area contributed by atoms with E-state index in [9.17, 15) is 9.90 Å². The number of aromatic nitrogens is 1. The topological polar surface area (TPSA) is 53.4 Å². The Hall–Kier alpha value is -1.42. The Morgan fingerprint density at radius 1 is 1.38 bits per heavy atom. The Kier molecular flexibility index (Phi) is 3.51. The van der Waals surface area contributed by atoms with Gasteiger partial charge in [-0.2, -0.15) is 0 Å². The van der Waals surface area contributed by atoms with Crippen LogP contribution in [0.3, 0.4) is 0 Å². The third-order valence-electron chi connectivity index (χ3n) is 2.92. The summed E-state index contributed by atoms with van der Waals surface area (Å²) in [5.41, 5.74) is 0.752. The number of aliphatic hydroxyl groups is 1. The molecule has 0 radical (unpaired) electrons. The minimum absolute atomic E-state index is 0.0433. The molecule has 0 saturated carbocycles. The Bertz CT molecular complexity index is 347. The van der Waals surface area contributed by atoms with Crippen LogP contribution in [0.4, 0.5) is 0 Å². The number of hydrogen-bond acceptors (Lipinski definition) is 3. The van der Waals surface area contributed by atoms with Gasteiger partial charge in [0.05, 0.1) is 12.5 Å². The number of carbonyl (C=O) groups is 1. The van der Waals surface area contributed by atoms with Crippen LogP contribution >= 0.6 is 0 Å². The summed E-state index contributed by atoms with van der Waals surface area (Å²) in [7, 11) is 0. The van der Waals surface area contributed by atoms with Crippen LogP contribution in [0, 0.1) is 0 Å². The normalized spacial score (nSPS) is 17.4. The van der Waals surface area contributed by atoms with Gasteiger partial charge in [0, 0.05) is 25.5 Å². The smallest absolute Gasteiger partial charge is 0.225 e. The van der Waals surface area contributed by atoms with E-state index in [0.717, 1.165) is 31.5 Å². The van der Waals surface area contributed by atoms with Gasteiger partial charge >= 0.3 is 0 Å². The van der Waals surface area contributed by atoms with Crippen molar-refractivity contribution in [1.29, 1.82) is 0 Å². The number of amides is 1. The first-order valence-corrected chi connectivity index (χ1v) is 5.63. The van der Waals surface area contributed by atoms with Gasteiger partial charge < -0.3 is 10.0 Å². The molecule has 4 heteroatoms. The molecule has 1 aromatic rings. The Morgan fingerprint density at radius 2 is 2.00 bits per heavy atom. The number of carbonyl (C=O) groups excluding carboxylic acids is 1. The summed E-state index contributed by atoms with van der Waals surface area (Å²) in [6.45, 7) is 1.67. The monoisotopic (exact) mass is 220 g/mol. The summed E-state index contributed by atoms with van der Waals surface area (Å²) in [5.74, 6) is 0.0433. The number of aliphatic hydroxyl groups excluding tert-OH is 1. The standard InChI is InChI=1S/C12H16N2O2/c15-11(10-3-5-13-6-4-10)9-12(16)14-7-1-2-8-14/h3-6,11,15H,1-2,7-9H2. The van der Waals surface area contributed by atoms with Crippen molar-refractivity contribution in [3.05, 3.63) is 30.1 Å². The van der Waals surface area contributed by atoms with Crippen LogP contribution in [0.2, 0.25) is 0 Å². The van der Waals surface area contributed by atoms with Crippen LogP contribution in [0.1, 0.15) is 30.9 Å². The Morgan fingerprint density at radius 3 is 2.62 bits per heavy atom. The molecule has 1 aliphatic heterocycles. The second kappa shape index (κ2) is 5.07. The molecule has 1 atom stereocenters. The molecule has 1 aromatic heterocycles. The van der Waals surface area contributed by atoms with Gasteiger partial charge in [0.15, 0.2) is 0 Å². The average molecular weight is 220 g/mol. The highest BCUT2D eigenvalue weighted by molar-refractivity contribution is 5.77. The summed E-state index contributed by atoms with van der Waals surface area (Å²) in [6.07, 6.45) is 4.87. The minimum Gasteiger partial charge on any atom is -0.388 e. The predicted octanol–water partition coefficient (Wildman–Crippen LogP) is 1.13. The van der Waals surface area contributed by atoms with E-state index in [4.69, 9.17) is 0 Å². The molecule has 4 nitrogen and oxygen atoms in total. The SMILES string of the molecule is O=C(CC(O)c1ccncc1)N1CCCC1. The van der Waals surface area contributed by atoms with E-state index in [1.165, 1.54) is 0 Å². The summed E-state index contributed by atoms with van der Waals surface area (Å²) in [6, 6.07) is 3.48.